The average molecular weight is 461 g/mol. The number of likely N-dealkylation sites (tertiary alicyclic amines) is 1. The van der Waals surface area contributed by atoms with Crippen LogP contribution in [0.2, 0.25) is 0 Å². The van der Waals surface area contributed by atoms with Gasteiger partial charge < -0.3 is 19.7 Å². The van der Waals surface area contributed by atoms with E-state index in [1.54, 1.807) is 12.1 Å². The van der Waals surface area contributed by atoms with Gasteiger partial charge in [-0.15, -0.1) is 0 Å². The maximum atomic E-state index is 12.6. The molecule has 0 radical (unpaired) electrons. The van der Waals surface area contributed by atoms with Crippen molar-refractivity contribution in [2.75, 3.05) is 26.8 Å². The number of rotatable bonds is 7. The van der Waals surface area contributed by atoms with Crippen LogP contribution < -0.4 is 14.8 Å². The van der Waals surface area contributed by atoms with E-state index in [0.717, 1.165) is 31.5 Å². The fourth-order valence-corrected chi connectivity index (χ4v) is 3.84. The maximum Gasteiger partial charge on any atom is 0.253 e. The summed E-state index contributed by atoms with van der Waals surface area (Å²) in [6.07, 6.45) is 2.14. The molecule has 2 amide bonds. The van der Waals surface area contributed by atoms with Crippen LogP contribution in [0.3, 0.4) is 0 Å². The second-order valence-electron chi connectivity index (χ2n) is 6.80. The van der Waals surface area contributed by atoms with Crippen molar-refractivity contribution in [3.63, 3.8) is 0 Å². The largest absolute Gasteiger partial charge is 0.493 e. The van der Waals surface area contributed by atoms with Crippen molar-refractivity contribution in [1.82, 2.24) is 10.2 Å². The minimum atomic E-state index is -0.218. The summed E-state index contributed by atoms with van der Waals surface area (Å²) in [5.74, 6) is 0.926. The van der Waals surface area contributed by atoms with Gasteiger partial charge in [-0.05, 0) is 65.5 Å². The third kappa shape index (κ3) is 5.09. The van der Waals surface area contributed by atoms with Gasteiger partial charge >= 0.3 is 0 Å². The first-order valence-electron chi connectivity index (χ1n) is 9.70. The predicted molar refractivity (Wildman–Crippen MR) is 115 cm³/mol. The summed E-state index contributed by atoms with van der Waals surface area (Å²) in [6.45, 7) is 4.41. The fourth-order valence-electron chi connectivity index (χ4n) is 3.29. The normalized spacial score (nSPS) is 13.3. The Balaban J connectivity index is 1.63. The molecule has 7 heteroatoms. The van der Waals surface area contributed by atoms with E-state index >= 15 is 0 Å². The monoisotopic (exact) mass is 460 g/mol. The molecule has 0 aliphatic carbocycles. The van der Waals surface area contributed by atoms with Crippen LogP contribution in [-0.2, 0) is 6.54 Å². The predicted octanol–water partition coefficient (Wildman–Crippen LogP) is 4.02. The molecule has 0 unspecified atom stereocenters. The van der Waals surface area contributed by atoms with Crippen LogP contribution in [0.25, 0.3) is 0 Å². The molecule has 0 bridgehead atoms. The van der Waals surface area contributed by atoms with Gasteiger partial charge in [0.15, 0.2) is 11.5 Å². The van der Waals surface area contributed by atoms with Gasteiger partial charge in [-0.1, -0.05) is 12.1 Å². The molecule has 3 rings (SSSR count). The zero-order valence-electron chi connectivity index (χ0n) is 16.7. The Kier molecular flexibility index (Phi) is 7.14. The molecule has 1 N–H and O–H groups in total. The Morgan fingerprint density at radius 1 is 1.10 bits per heavy atom. The summed E-state index contributed by atoms with van der Waals surface area (Å²) in [4.78, 5) is 26.9. The molecule has 1 aliphatic rings. The van der Waals surface area contributed by atoms with Gasteiger partial charge in [0.05, 0.1) is 18.2 Å². The van der Waals surface area contributed by atoms with Gasteiger partial charge in [-0.3, -0.25) is 9.59 Å². The van der Waals surface area contributed by atoms with Gasteiger partial charge in [0.2, 0.25) is 0 Å². The van der Waals surface area contributed by atoms with Crippen molar-refractivity contribution < 1.29 is 19.1 Å². The van der Waals surface area contributed by atoms with E-state index in [9.17, 15) is 9.59 Å². The lowest BCUT2D eigenvalue weighted by molar-refractivity contribution is 0.0792. The molecule has 0 saturated carbocycles. The topological polar surface area (TPSA) is 67.9 Å². The third-order valence-corrected chi connectivity index (χ3v) is 5.42. The van der Waals surface area contributed by atoms with Crippen LogP contribution >= 0.6 is 15.9 Å². The smallest absolute Gasteiger partial charge is 0.253 e. The van der Waals surface area contributed by atoms with Gasteiger partial charge in [0.1, 0.15) is 0 Å². The van der Waals surface area contributed by atoms with E-state index in [0.29, 0.717) is 40.3 Å². The Morgan fingerprint density at radius 3 is 2.41 bits per heavy atom. The number of nitrogens with zero attached hydrogens (tertiary/aromatic N) is 1. The van der Waals surface area contributed by atoms with Gasteiger partial charge in [0.25, 0.3) is 11.8 Å². The van der Waals surface area contributed by atoms with E-state index in [1.165, 1.54) is 7.11 Å². The zero-order chi connectivity index (χ0) is 20.8. The molecule has 0 aromatic heterocycles. The number of hydrogen-bond donors (Lipinski definition) is 1. The Morgan fingerprint density at radius 2 is 1.79 bits per heavy atom. The van der Waals surface area contributed by atoms with Crippen molar-refractivity contribution in [1.29, 1.82) is 0 Å². The quantitative estimate of drug-likeness (QED) is 0.677. The summed E-state index contributed by atoms with van der Waals surface area (Å²) >= 11 is 3.43. The number of ether oxygens (including phenoxy) is 2. The summed E-state index contributed by atoms with van der Waals surface area (Å²) in [5, 5.41) is 2.90. The highest BCUT2D eigenvalue weighted by Gasteiger charge is 2.19. The fraction of sp³-hybridized carbons (Fsp3) is 0.364. The van der Waals surface area contributed by atoms with Crippen LogP contribution in [0.5, 0.6) is 11.5 Å². The molecule has 154 valence electrons. The number of carbonyl (C=O) groups is 2. The number of benzene rings is 2. The lowest BCUT2D eigenvalue weighted by atomic mass is 10.1. The van der Waals surface area contributed by atoms with Crippen molar-refractivity contribution in [3.8, 4) is 11.5 Å². The minimum absolute atomic E-state index is 0.0735. The van der Waals surface area contributed by atoms with E-state index < -0.39 is 0 Å². The summed E-state index contributed by atoms with van der Waals surface area (Å²) in [7, 11) is 1.54. The van der Waals surface area contributed by atoms with Crippen LogP contribution in [-0.4, -0.2) is 43.5 Å². The van der Waals surface area contributed by atoms with Crippen molar-refractivity contribution in [3.05, 3.63) is 57.6 Å². The molecule has 0 atom stereocenters. The molecule has 1 aliphatic heterocycles. The highest BCUT2D eigenvalue weighted by Crippen LogP contribution is 2.36. The molecule has 29 heavy (non-hydrogen) atoms. The molecular formula is C22H25BrN2O4. The molecule has 2 aromatic rings. The maximum absolute atomic E-state index is 12.6. The van der Waals surface area contributed by atoms with Crippen LogP contribution in [0, 0.1) is 0 Å². The van der Waals surface area contributed by atoms with E-state index in [2.05, 4.69) is 21.2 Å². The molecule has 1 heterocycles. The van der Waals surface area contributed by atoms with Crippen LogP contribution in [0.15, 0.2) is 40.9 Å². The SMILES string of the molecule is CCOc1c(Br)cc(C(=O)NCc2ccc(C(=O)N3CCCC3)cc2)cc1OC. The first kappa shape index (κ1) is 21.2. The Labute approximate surface area is 179 Å². The molecule has 2 aromatic carbocycles. The number of halogens is 1. The number of amides is 2. The second kappa shape index (κ2) is 9.78. The second-order valence-corrected chi connectivity index (χ2v) is 7.66. The van der Waals surface area contributed by atoms with Crippen molar-refractivity contribution in [2.24, 2.45) is 0 Å². The van der Waals surface area contributed by atoms with Crippen LogP contribution in [0.1, 0.15) is 46.0 Å². The standard InChI is InChI=1S/C22H25BrN2O4/c1-3-29-20-18(23)12-17(13-19(20)28-2)21(26)24-14-15-6-8-16(9-7-15)22(27)25-10-4-5-11-25/h6-9,12-13H,3-5,10-11,14H2,1-2H3,(H,24,26). The molecule has 1 fully saturated rings. The summed E-state index contributed by atoms with van der Waals surface area (Å²) in [6, 6.07) is 10.7. The summed E-state index contributed by atoms with van der Waals surface area (Å²) < 4.78 is 11.6. The Bertz CT molecular complexity index is 877. The zero-order valence-corrected chi connectivity index (χ0v) is 18.3. The average Bonchev–Trinajstić information content (AvgIpc) is 3.28. The first-order valence-corrected chi connectivity index (χ1v) is 10.5. The summed E-state index contributed by atoms with van der Waals surface area (Å²) in [5.41, 5.74) is 2.08. The van der Waals surface area contributed by atoms with E-state index in [-0.39, 0.29) is 11.8 Å². The lowest BCUT2D eigenvalue weighted by Gasteiger charge is -2.15. The number of hydrogen-bond acceptors (Lipinski definition) is 4. The van der Waals surface area contributed by atoms with Gasteiger partial charge in [-0.2, -0.15) is 0 Å². The Hall–Kier alpha value is -2.54. The lowest BCUT2D eigenvalue weighted by Crippen LogP contribution is -2.27. The third-order valence-electron chi connectivity index (χ3n) is 4.83. The van der Waals surface area contributed by atoms with Gasteiger partial charge in [-0.25, -0.2) is 0 Å². The molecule has 6 nitrogen and oxygen atoms in total. The number of nitrogens with one attached hydrogen (secondary N) is 1. The van der Waals surface area contributed by atoms with Crippen molar-refractivity contribution >= 4 is 27.7 Å². The van der Waals surface area contributed by atoms with E-state index in [4.69, 9.17) is 9.47 Å². The van der Waals surface area contributed by atoms with Crippen molar-refractivity contribution in [2.45, 2.75) is 26.3 Å². The number of methoxy groups -OCH3 is 1. The minimum Gasteiger partial charge on any atom is -0.493 e. The number of carbonyl (C=O) groups excluding carboxylic acids is 2. The van der Waals surface area contributed by atoms with Gasteiger partial charge in [0, 0.05) is 30.8 Å². The van der Waals surface area contributed by atoms with E-state index in [1.807, 2.05) is 36.1 Å². The molecule has 1 saturated heterocycles. The first-order chi connectivity index (χ1) is 14.0. The molecular weight excluding hydrogens is 436 g/mol. The highest BCUT2D eigenvalue weighted by atomic mass is 79.9. The molecule has 0 spiro atoms. The van der Waals surface area contributed by atoms with Crippen LogP contribution in [0.4, 0.5) is 0 Å². The highest BCUT2D eigenvalue weighted by molar-refractivity contribution is 9.10.